The molecule has 0 atom stereocenters. The van der Waals surface area contributed by atoms with Gasteiger partial charge in [0.2, 0.25) is 0 Å². The number of carbonyl (C=O) groups is 2. The van der Waals surface area contributed by atoms with Crippen LogP contribution < -0.4 is 5.32 Å². The molecule has 1 fully saturated rings. The van der Waals surface area contributed by atoms with E-state index >= 15 is 0 Å². The van der Waals surface area contributed by atoms with E-state index in [0.29, 0.717) is 11.0 Å². The summed E-state index contributed by atoms with van der Waals surface area (Å²) in [7, 11) is 0.515. The molecule has 0 unspecified atom stereocenters. The summed E-state index contributed by atoms with van der Waals surface area (Å²) in [5.41, 5.74) is 4.68. The van der Waals surface area contributed by atoms with Crippen molar-refractivity contribution in [2.75, 3.05) is 20.3 Å². The second-order valence-corrected chi connectivity index (χ2v) is 11.4. The summed E-state index contributed by atoms with van der Waals surface area (Å²) in [6, 6.07) is 17.9. The van der Waals surface area contributed by atoms with Crippen molar-refractivity contribution in [2.24, 2.45) is 0 Å². The second-order valence-electron chi connectivity index (χ2n) is 11.1. The lowest BCUT2D eigenvalue weighted by Crippen LogP contribution is -2.41. The van der Waals surface area contributed by atoms with Gasteiger partial charge in [0.1, 0.15) is 11.8 Å². The number of amides is 1. The van der Waals surface area contributed by atoms with Crippen LogP contribution in [0.4, 0.5) is 4.79 Å². The summed E-state index contributed by atoms with van der Waals surface area (Å²) in [5.74, 6) is -0.658. The van der Waals surface area contributed by atoms with Gasteiger partial charge in [0.15, 0.2) is 0 Å². The van der Waals surface area contributed by atoms with Crippen LogP contribution in [-0.4, -0.2) is 55.6 Å². The van der Waals surface area contributed by atoms with Crippen LogP contribution in [0, 0.1) is 0 Å². The van der Waals surface area contributed by atoms with Gasteiger partial charge in [0, 0.05) is 18.7 Å². The number of aromatic nitrogens is 1. The fourth-order valence-corrected chi connectivity index (χ4v) is 5.21. The molecule has 41 heavy (non-hydrogen) atoms. The molecule has 3 aromatic rings. The Morgan fingerprint density at radius 1 is 1.02 bits per heavy atom. The standard InChI is InChI=1S/C31H32BClN2O6/c1-30(2)31(3,4)41-32(40-30)20(14-19-15-25(28(36)38-5)27(33)34-16-19)17-35-29(37)39-18-26-23-12-8-6-10-21(23)22-11-7-9-13-24(22)26/h6-16,26H,17-18H2,1-5H3,(H,35,37). The fraction of sp³-hybridized carbons (Fsp3) is 0.323. The Kier molecular flexibility index (Phi) is 7.96. The smallest absolute Gasteiger partial charge is 0.465 e. The number of carbonyl (C=O) groups excluding carboxylic acids is 2. The molecule has 1 aromatic heterocycles. The predicted octanol–water partition coefficient (Wildman–Crippen LogP) is 6.08. The summed E-state index contributed by atoms with van der Waals surface area (Å²) >= 11 is 6.11. The van der Waals surface area contributed by atoms with Crippen molar-refractivity contribution in [2.45, 2.75) is 44.8 Å². The molecule has 0 bridgehead atoms. The van der Waals surface area contributed by atoms with E-state index in [1.807, 2.05) is 52.0 Å². The van der Waals surface area contributed by atoms with E-state index in [1.54, 1.807) is 12.1 Å². The Balaban J connectivity index is 1.33. The number of nitrogens with zero attached hydrogens (tertiary/aromatic N) is 1. The number of fused-ring (bicyclic) bond motifs is 3. The van der Waals surface area contributed by atoms with E-state index in [0.717, 1.165) is 22.3 Å². The minimum absolute atomic E-state index is 0.0305. The molecule has 2 aliphatic rings. The van der Waals surface area contributed by atoms with Gasteiger partial charge >= 0.3 is 19.2 Å². The third-order valence-corrected chi connectivity index (χ3v) is 8.26. The first-order valence-corrected chi connectivity index (χ1v) is 13.8. The van der Waals surface area contributed by atoms with Gasteiger partial charge in [-0.05, 0) is 67.1 Å². The van der Waals surface area contributed by atoms with Gasteiger partial charge in [0.05, 0.1) is 23.9 Å². The monoisotopic (exact) mass is 574 g/mol. The molecule has 0 spiro atoms. The van der Waals surface area contributed by atoms with Crippen molar-refractivity contribution in [1.29, 1.82) is 0 Å². The van der Waals surface area contributed by atoms with Crippen molar-refractivity contribution in [3.05, 3.63) is 93.7 Å². The first-order chi connectivity index (χ1) is 19.5. The third-order valence-electron chi connectivity index (χ3n) is 7.95. The maximum Gasteiger partial charge on any atom is 0.492 e. The molecule has 212 valence electrons. The van der Waals surface area contributed by atoms with Crippen LogP contribution in [-0.2, 0) is 18.8 Å². The molecule has 2 aromatic carbocycles. The number of methoxy groups -OCH3 is 1. The van der Waals surface area contributed by atoms with Gasteiger partial charge in [-0.3, -0.25) is 0 Å². The van der Waals surface area contributed by atoms with Crippen LogP contribution in [0.5, 0.6) is 0 Å². The Morgan fingerprint density at radius 2 is 1.61 bits per heavy atom. The second kappa shape index (κ2) is 11.3. The number of hydrogen-bond donors (Lipinski definition) is 1. The van der Waals surface area contributed by atoms with Crippen molar-refractivity contribution >= 4 is 36.9 Å². The van der Waals surface area contributed by atoms with E-state index in [2.05, 4.69) is 34.6 Å². The molecule has 1 N–H and O–H groups in total. The van der Waals surface area contributed by atoms with Gasteiger partial charge in [-0.1, -0.05) is 66.2 Å². The highest BCUT2D eigenvalue weighted by Gasteiger charge is 2.52. The normalized spacial score (nSPS) is 17.1. The zero-order valence-electron chi connectivity index (χ0n) is 23.7. The number of esters is 1. The number of pyridine rings is 1. The maximum absolute atomic E-state index is 12.9. The number of halogens is 1. The third kappa shape index (κ3) is 5.75. The quantitative estimate of drug-likeness (QED) is 0.208. The number of rotatable bonds is 7. The molecule has 1 aliphatic carbocycles. The minimum Gasteiger partial charge on any atom is -0.465 e. The predicted molar refractivity (Wildman–Crippen MR) is 158 cm³/mol. The van der Waals surface area contributed by atoms with E-state index in [9.17, 15) is 9.59 Å². The van der Waals surface area contributed by atoms with E-state index in [-0.39, 0.29) is 29.8 Å². The van der Waals surface area contributed by atoms with E-state index < -0.39 is 30.4 Å². The average molecular weight is 575 g/mol. The topological polar surface area (TPSA) is 96.0 Å². The Bertz CT molecular complexity index is 1460. The van der Waals surface area contributed by atoms with Crippen molar-refractivity contribution in [3.8, 4) is 11.1 Å². The summed E-state index contributed by atoms with van der Waals surface area (Å²) < 4.78 is 23.0. The van der Waals surface area contributed by atoms with Crippen LogP contribution in [0.3, 0.4) is 0 Å². The minimum atomic E-state index is -0.758. The highest BCUT2D eigenvalue weighted by Crippen LogP contribution is 2.44. The number of nitrogens with one attached hydrogen (secondary N) is 1. The number of ether oxygens (including phenoxy) is 2. The molecule has 0 radical (unpaired) electrons. The summed E-state index contributed by atoms with van der Waals surface area (Å²) in [6.45, 7) is 8.06. The number of alkyl carbamates (subject to hydrolysis) is 1. The number of hydrogen-bond acceptors (Lipinski definition) is 7. The Morgan fingerprint density at radius 3 is 2.20 bits per heavy atom. The molecule has 1 amide bonds. The molecule has 2 heterocycles. The Hall–Kier alpha value is -3.66. The molecule has 1 saturated heterocycles. The van der Waals surface area contributed by atoms with Gasteiger partial charge in [-0.25, -0.2) is 14.6 Å². The highest BCUT2D eigenvalue weighted by molar-refractivity contribution is 6.56. The van der Waals surface area contributed by atoms with Crippen LogP contribution >= 0.6 is 11.6 Å². The van der Waals surface area contributed by atoms with Crippen molar-refractivity contribution < 1.29 is 28.4 Å². The average Bonchev–Trinajstić information content (AvgIpc) is 3.39. The highest BCUT2D eigenvalue weighted by atomic mass is 35.5. The maximum atomic E-state index is 12.9. The largest absolute Gasteiger partial charge is 0.492 e. The van der Waals surface area contributed by atoms with Gasteiger partial charge in [-0.15, -0.1) is 0 Å². The lowest BCUT2D eigenvalue weighted by atomic mass is 9.77. The van der Waals surface area contributed by atoms with Gasteiger partial charge in [-0.2, -0.15) is 0 Å². The zero-order valence-corrected chi connectivity index (χ0v) is 24.5. The molecule has 10 heteroatoms. The SMILES string of the molecule is COC(=O)c1cc(C=C(CNC(=O)OCC2c3ccccc3-c3ccccc32)B2OC(C)(C)C(C)(C)O2)cnc1Cl. The molecule has 0 saturated carbocycles. The first kappa shape index (κ1) is 28.9. The molecule has 1 aliphatic heterocycles. The van der Waals surface area contributed by atoms with Crippen LogP contribution in [0.1, 0.15) is 60.7 Å². The summed E-state index contributed by atoms with van der Waals surface area (Å²) in [5, 5.41) is 2.87. The fourth-order valence-electron chi connectivity index (χ4n) is 5.03. The molecular weight excluding hydrogens is 543 g/mol. The Labute approximate surface area is 245 Å². The lowest BCUT2D eigenvalue weighted by molar-refractivity contribution is 0.00578. The summed E-state index contributed by atoms with van der Waals surface area (Å²) in [6.07, 6.45) is 2.70. The van der Waals surface area contributed by atoms with Crippen LogP contribution in [0.2, 0.25) is 5.15 Å². The van der Waals surface area contributed by atoms with Crippen molar-refractivity contribution in [1.82, 2.24) is 10.3 Å². The van der Waals surface area contributed by atoms with Crippen LogP contribution in [0.25, 0.3) is 17.2 Å². The molecule has 5 rings (SSSR count). The van der Waals surface area contributed by atoms with E-state index in [1.165, 1.54) is 13.3 Å². The lowest BCUT2D eigenvalue weighted by Gasteiger charge is -2.32. The number of benzene rings is 2. The summed E-state index contributed by atoms with van der Waals surface area (Å²) in [4.78, 5) is 29.2. The zero-order chi connectivity index (χ0) is 29.4. The van der Waals surface area contributed by atoms with Crippen molar-refractivity contribution in [3.63, 3.8) is 0 Å². The van der Waals surface area contributed by atoms with Crippen LogP contribution in [0.15, 0.2) is 66.3 Å². The van der Waals surface area contributed by atoms with Gasteiger partial charge in [0.25, 0.3) is 0 Å². The van der Waals surface area contributed by atoms with E-state index in [4.69, 9.17) is 30.4 Å². The molecule has 8 nitrogen and oxygen atoms in total. The first-order valence-electron chi connectivity index (χ1n) is 13.4. The van der Waals surface area contributed by atoms with Gasteiger partial charge < -0.3 is 24.1 Å². The molecular formula is C31H32BClN2O6.